The molecule has 8 heteroatoms. The first-order valence-corrected chi connectivity index (χ1v) is 9.64. The number of carbonyl (C=O) groups is 1. The Morgan fingerprint density at radius 1 is 1.29 bits per heavy atom. The van der Waals surface area contributed by atoms with Gasteiger partial charge in [0, 0.05) is 31.6 Å². The summed E-state index contributed by atoms with van der Waals surface area (Å²) in [7, 11) is 1.64. The van der Waals surface area contributed by atoms with Gasteiger partial charge in [0.05, 0.1) is 13.7 Å². The molecule has 0 saturated carbocycles. The highest BCUT2D eigenvalue weighted by molar-refractivity contribution is 14.0. The van der Waals surface area contributed by atoms with Crippen molar-refractivity contribution < 1.29 is 14.3 Å². The van der Waals surface area contributed by atoms with E-state index in [1.54, 1.807) is 7.11 Å². The molecule has 0 aromatic heterocycles. The summed E-state index contributed by atoms with van der Waals surface area (Å²) < 4.78 is 10.8. The van der Waals surface area contributed by atoms with Gasteiger partial charge in [-0.2, -0.15) is 0 Å². The van der Waals surface area contributed by atoms with Crippen LogP contribution in [0.3, 0.4) is 0 Å². The van der Waals surface area contributed by atoms with Crippen molar-refractivity contribution in [1.82, 2.24) is 15.5 Å². The van der Waals surface area contributed by atoms with E-state index in [1.807, 2.05) is 49.9 Å². The zero-order valence-electron chi connectivity index (χ0n) is 17.2. The summed E-state index contributed by atoms with van der Waals surface area (Å²) in [5.41, 5.74) is 0. The number of methoxy groups -OCH3 is 1. The molecular weight excluding hydrogens is 471 g/mol. The van der Waals surface area contributed by atoms with Crippen LogP contribution < -0.4 is 20.1 Å². The summed E-state index contributed by atoms with van der Waals surface area (Å²) in [5.74, 6) is 2.62. The van der Waals surface area contributed by atoms with Crippen LogP contribution in [0.2, 0.25) is 0 Å². The Hall–Kier alpha value is -1.71. The molecule has 1 saturated heterocycles. The highest BCUT2D eigenvalue weighted by Gasteiger charge is 2.27. The van der Waals surface area contributed by atoms with Crippen molar-refractivity contribution in [2.24, 2.45) is 10.9 Å². The van der Waals surface area contributed by atoms with Gasteiger partial charge in [0.2, 0.25) is 5.91 Å². The lowest BCUT2D eigenvalue weighted by atomic mass is 10.2. The first-order valence-electron chi connectivity index (χ1n) is 9.64. The third-order valence-corrected chi connectivity index (χ3v) is 4.37. The number of nitrogens with zero attached hydrogens (tertiary/aromatic N) is 2. The number of nitrogens with one attached hydrogen (secondary N) is 2. The van der Waals surface area contributed by atoms with Gasteiger partial charge >= 0.3 is 0 Å². The number of hydrogen-bond donors (Lipinski definition) is 2. The maximum absolute atomic E-state index is 12.1. The number of ether oxygens (including phenoxy) is 2. The number of hydrogen-bond acceptors (Lipinski definition) is 4. The van der Waals surface area contributed by atoms with E-state index < -0.39 is 0 Å². The lowest BCUT2D eigenvalue weighted by Gasteiger charge is -2.20. The molecule has 1 heterocycles. The zero-order valence-corrected chi connectivity index (χ0v) is 19.6. The molecule has 1 unspecified atom stereocenters. The first-order chi connectivity index (χ1) is 13.0. The molecule has 1 aromatic rings. The Morgan fingerprint density at radius 3 is 2.57 bits per heavy atom. The van der Waals surface area contributed by atoms with E-state index in [9.17, 15) is 4.79 Å². The van der Waals surface area contributed by atoms with Crippen molar-refractivity contribution in [3.8, 4) is 11.5 Å². The predicted octanol–water partition coefficient (Wildman–Crippen LogP) is 2.50. The Morgan fingerprint density at radius 2 is 1.96 bits per heavy atom. The third kappa shape index (κ3) is 7.73. The molecule has 28 heavy (non-hydrogen) atoms. The lowest BCUT2D eigenvalue weighted by molar-refractivity contribution is -0.133. The number of amides is 1. The van der Waals surface area contributed by atoms with E-state index in [4.69, 9.17) is 9.47 Å². The van der Waals surface area contributed by atoms with Gasteiger partial charge in [0.15, 0.2) is 5.96 Å². The van der Waals surface area contributed by atoms with Gasteiger partial charge in [0.1, 0.15) is 18.1 Å². The number of rotatable bonds is 8. The minimum Gasteiger partial charge on any atom is -0.497 e. The number of aliphatic imine (C=N–C) groups is 1. The fraction of sp³-hybridized carbons (Fsp3) is 0.600. The smallest absolute Gasteiger partial charge is 0.225 e. The van der Waals surface area contributed by atoms with Crippen LogP contribution in [0.15, 0.2) is 29.3 Å². The molecule has 2 N–H and O–H groups in total. The number of carbonyl (C=O) groups excluding carboxylic acids is 1. The lowest BCUT2D eigenvalue weighted by Crippen LogP contribution is -2.45. The van der Waals surface area contributed by atoms with Crippen molar-refractivity contribution in [2.75, 3.05) is 39.9 Å². The molecule has 1 amide bonds. The monoisotopic (exact) mass is 504 g/mol. The largest absolute Gasteiger partial charge is 0.497 e. The van der Waals surface area contributed by atoms with E-state index in [0.29, 0.717) is 13.2 Å². The second-order valence-electron chi connectivity index (χ2n) is 6.85. The van der Waals surface area contributed by atoms with Crippen LogP contribution in [0, 0.1) is 5.92 Å². The van der Waals surface area contributed by atoms with Crippen LogP contribution in [-0.4, -0.2) is 62.7 Å². The van der Waals surface area contributed by atoms with E-state index >= 15 is 0 Å². The molecular formula is C20H33IN4O3. The summed E-state index contributed by atoms with van der Waals surface area (Å²) in [6.45, 7) is 9.27. The molecule has 1 aliphatic rings. The van der Waals surface area contributed by atoms with Crippen molar-refractivity contribution in [3.05, 3.63) is 24.3 Å². The molecule has 0 spiro atoms. The SMILES string of the molecule is CCNC(=NCCOc1ccc(OC)cc1)NC1CCN(C(=O)C(C)C)C1.I. The Labute approximate surface area is 185 Å². The average Bonchev–Trinajstić information content (AvgIpc) is 3.13. The number of halogens is 1. The van der Waals surface area contributed by atoms with Crippen LogP contribution in [0.5, 0.6) is 11.5 Å². The van der Waals surface area contributed by atoms with E-state index in [1.165, 1.54) is 0 Å². The molecule has 0 aliphatic carbocycles. The first kappa shape index (κ1) is 24.3. The minimum absolute atomic E-state index is 0. The van der Waals surface area contributed by atoms with Crippen molar-refractivity contribution >= 4 is 35.8 Å². The predicted molar refractivity (Wildman–Crippen MR) is 123 cm³/mol. The molecule has 158 valence electrons. The van der Waals surface area contributed by atoms with Crippen LogP contribution in [0.1, 0.15) is 27.2 Å². The molecule has 1 aromatic carbocycles. The molecule has 1 fully saturated rings. The molecule has 1 aliphatic heterocycles. The molecule has 2 rings (SSSR count). The normalized spacial score (nSPS) is 16.5. The van der Waals surface area contributed by atoms with E-state index in [2.05, 4.69) is 15.6 Å². The Kier molecular flexibility index (Phi) is 11.0. The zero-order chi connectivity index (χ0) is 19.6. The van der Waals surface area contributed by atoms with Crippen LogP contribution >= 0.6 is 24.0 Å². The van der Waals surface area contributed by atoms with Gasteiger partial charge < -0.3 is 25.0 Å². The van der Waals surface area contributed by atoms with E-state index in [-0.39, 0.29) is 41.8 Å². The van der Waals surface area contributed by atoms with Crippen LogP contribution in [-0.2, 0) is 4.79 Å². The summed E-state index contributed by atoms with van der Waals surface area (Å²) in [6, 6.07) is 7.73. The van der Waals surface area contributed by atoms with Crippen molar-refractivity contribution in [2.45, 2.75) is 33.2 Å². The minimum atomic E-state index is 0. The standard InChI is InChI=1S/C20H32N4O3.HI/c1-5-21-20(23-16-10-12-24(14-16)19(25)15(2)3)22-11-13-27-18-8-6-17(26-4)7-9-18;/h6-9,15-16H,5,10-14H2,1-4H3,(H2,21,22,23);1H. The highest BCUT2D eigenvalue weighted by atomic mass is 127. The molecule has 0 bridgehead atoms. The summed E-state index contributed by atoms with van der Waals surface area (Å²) >= 11 is 0. The number of likely N-dealkylation sites (tertiary alicyclic amines) is 1. The maximum atomic E-state index is 12.1. The molecule has 0 radical (unpaired) electrons. The van der Waals surface area contributed by atoms with E-state index in [0.717, 1.165) is 43.5 Å². The average molecular weight is 504 g/mol. The number of benzene rings is 1. The Bertz CT molecular complexity index is 622. The second kappa shape index (κ2) is 12.7. The van der Waals surface area contributed by atoms with Gasteiger partial charge in [0.25, 0.3) is 0 Å². The summed E-state index contributed by atoms with van der Waals surface area (Å²) in [5, 5.41) is 6.68. The third-order valence-electron chi connectivity index (χ3n) is 4.37. The van der Waals surface area contributed by atoms with Gasteiger partial charge in [-0.3, -0.25) is 4.79 Å². The number of guanidine groups is 1. The second-order valence-corrected chi connectivity index (χ2v) is 6.85. The highest BCUT2D eigenvalue weighted by Crippen LogP contribution is 2.16. The van der Waals surface area contributed by atoms with Gasteiger partial charge in [-0.25, -0.2) is 4.99 Å². The van der Waals surface area contributed by atoms with Crippen molar-refractivity contribution in [1.29, 1.82) is 0 Å². The van der Waals surface area contributed by atoms with Gasteiger partial charge in [-0.1, -0.05) is 13.8 Å². The van der Waals surface area contributed by atoms with Crippen LogP contribution in [0.25, 0.3) is 0 Å². The molecule has 7 nitrogen and oxygen atoms in total. The van der Waals surface area contributed by atoms with Crippen LogP contribution in [0.4, 0.5) is 0 Å². The molecule has 1 atom stereocenters. The summed E-state index contributed by atoms with van der Waals surface area (Å²) in [6.07, 6.45) is 0.936. The fourth-order valence-corrected chi connectivity index (χ4v) is 2.95. The van der Waals surface area contributed by atoms with Gasteiger partial charge in [-0.05, 0) is 37.6 Å². The topological polar surface area (TPSA) is 75.2 Å². The van der Waals surface area contributed by atoms with Crippen molar-refractivity contribution in [3.63, 3.8) is 0 Å². The quantitative estimate of drug-likeness (QED) is 0.246. The maximum Gasteiger partial charge on any atom is 0.225 e. The summed E-state index contributed by atoms with van der Waals surface area (Å²) in [4.78, 5) is 18.6. The Balaban J connectivity index is 0.00000392. The van der Waals surface area contributed by atoms with Gasteiger partial charge in [-0.15, -0.1) is 24.0 Å². The fourth-order valence-electron chi connectivity index (χ4n) is 2.95.